The van der Waals surface area contributed by atoms with E-state index in [2.05, 4.69) is 4.98 Å². The summed E-state index contributed by atoms with van der Waals surface area (Å²) in [6, 6.07) is 14.6. The second kappa shape index (κ2) is 5.79. The van der Waals surface area contributed by atoms with Crippen molar-refractivity contribution in [3.05, 3.63) is 63.9 Å². The van der Waals surface area contributed by atoms with Crippen LogP contribution in [0, 0.1) is 0 Å². The van der Waals surface area contributed by atoms with E-state index in [0.29, 0.717) is 21.6 Å². The lowest BCUT2D eigenvalue weighted by Crippen LogP contribution is -2.21. The monoisotopic (exact) mass is 318 g/mol. The number of benzene rings is 2. The Morgan fingerprint density at radius 3 is 2.62 bits per heavy atom. The summed E-state index contributed by atoms with van der Waals surface area (Å²) in [5, 5.41) is 0.766. The fourth-order valence-electron chi connectivity index (χ4n) is 2.10. The Labute approximate surface area is 130 Å². The molecule has 0 N–H and O–H groups in total. The first-order chi connectivity index (χ1) is 10.2. The predicted molar refractivity (Wildman–Crippen MR) is 86.5 cm³/mol. The molecule has 0 atom stereocenters. The highest BCUT2D eigenvalue weighted by Gasteiger charge is 2.15. The van der Waals surface area contributed by atoms with E-state index in [4.69, 9.17) is 15.8 Å². The van der Waals surface area contributed by atoms with Crippen molar-refractivity contribution in [2.75, 3.05) is 6.26 Å². The summed E-state index contributed by atoms with van der Waals surface area (Å²) in [6.07, 6.45) is 1.77. The number of fused-ring (bicyclic) bond motifs is 1. The summed E-state index contributed by atoms with van der Waals surface area (Å²) in [7, 11) is 0. The van der Waals surface area contributed by atoms with Gasteiger partial charge in [0.25, 0.3) is 5.56 Å². The summed E-state index contributed by atoms with van der Waals surface area (Å²) in [5.74, 6) is 0. The number of hydrogen-bond donors (Lipinski definition) is 0. The third-order valence-corrected chi connectivity index (χ3v) is 3.62. The summed E-state index contributed by atoms with van der Waals surface area (Å²) in [4.78, 5) is 17.2. The van der Waals surface area contributed by atoms with Crippen LogP contribution in [0.25, 0.3) is 16.6 Å². The summed E-state index contributed by atoms with van der Waals surface area (Å²) < 4.78 is 6.87. The molecule has 2 aromatic carbocycles. The number of rotatable bonds is 3. The van der Waals surface area contributed by atoms with Gasteiger partial charge in [-0.2, -0.15) is 4.98 Å². The van der Waals surface area contributed by atoms with Gasteiger partial charge in [0.2, 0.25) is 0 Å². The van der Waals surface area contributed by atoms with Gasteiger partial charge in [-0.15, -0.1) is 0 Å². The van der Waals surface area contributed by atoms with Crippen LogP contribution in [0.2, 0.25) is 5.02 Å². The van der Waals surface area contributed by atoms with E-state index >= 15 is 0 Å². The summed E-state index contributed by atoms with van der Waals surface area (Å²) in [5.41, 5.74) is 0.949. The zero-order chi connectivity index (χ0) is 14.8. The summed E-state index contributed by atoms with van der Waals surface area (Å²) >= 11 is 7.28. The average molecular weight is 319 g/mol. The lowest BCUT2D eigenvalue weighted by Gasteiger charge is -2.12. The first-order valence-corrected chi connectivity index (χ1v) is 7.72. The minimum atomic E-state index is -0.249. The van der Waals surface area contributed by atoms with Gasteiger partial charge in [0.05, 0.1) is 33.7 Å². The lowest BCUT2D eigenvalue weighted by molar-refractivity contribution is 0.562. The molecule has 0 saturated carbocycles. The predicted octanol–water partition coefficient (Wildman–Crippen LogP) is 3.70. The number of nitrogens with zero attached hydrogens (tertiary/aromatic N) is 2. The Hall–Kier alpha value is -1.98. The van der Waals surface area contributed by atoms with Gasteiger partial charge in [-0.1, -0.05) is 35.9 Å². The van der Waals surface area contributed by atoms with Crippen LogP contribution in [-0.2, 0) is 0 Å². The van der Waals surface area contributed by atoms with E-state index in [0.717, 1.165) is 12.0 Å². The molecule has 4 nitrogen and oxygen atoms in total. The quantitative estimate of drug-likeness (QED) is 0.691. The second-order valence-corrected chi connectivity index (χ2v) is 5.16. The van der Waals surface area contributed by atoms with Gasteiger partial charge in [-0.25, -0.2) is 4.57 Å². The van der Waals surface area contributed by atoms with Crippen molar-refractivity contribution in [3.8, 4) is 11.7 Å². The maximum Gasteiger partial charge on any atom is 0.317 e. The molecule has 0 aliphatic carbocycles. The summed E-state index contributed by atoms with van der Waals surface area (Å²) in [6.45, 7) is 0. The molecule has 3 rings (SSSR count). The fourth-order valence-corrected chi connectivity index (χ4v) is 2.62. The number of para-hydroxylation sites is 1. The highest BCUT2D eigenvalue weighted by atomic mass is 35.5. The molecule has 1 heterocycles. The first kappa shape index (κ1) is 14.0. The van der Waals surface area contributed by atoms with Crippen molar-refractivity contribution >= 4 is 34.5 Å². The van der Waals surface area contributed by atoms with E-state index in [9.17, 15) is 4.79 Å². The Morgan fingerprint density at radius 1 is 1.14 bits per heavy atom. The van der Waals surface area contributed by atoms with Gasteiger partial charge in [0.15, 0.2) is 0 Å². The molecule has 0 amide bonds. The zero-order valence-corrected chi connectivity index (χ0v) is 12.7. The van der Waals surface area contributed by atoms with Crippen LogP contribution in [0.5, 0.6) is 6.01 Å². The molecule has 0 saturated heterocycles. The number of halogens is 1. The van der Waals surface area contributed by atoms with Crippen LogP contribution in [0.3, 0.4) is 0 Å². The Kier molecular flexibility index (Phi) is 3.86. The molecule has 0 bridgehead atoms. The largest absolute Gasteiger partial charge is 0.390 e. The highest BCUT2D eigenvalue weighted by Crippen LogP contribution is 2.24. The number of hydrogen-bond acceptors (Lipinski definition) is 4. The molecule has 106 valence electrons. The van der Waals surface area contributed by atoms with Gasteiger partial charge < -0.3 is 4.18 Å². The van der Waals surface area contributed by atoms with E-state index in [1.165, 1.54) is 4.57 Å². The third kappa shape index (κ3) is 2.50. The molecule has 0 aliphatic rings. The van der Waals surface area contributed by atoms with E-state index < -0.39 is 0 Å². The molecule has 6 heteroatoms. The standard InChI is InChI=1S/C15H11ClN2O2S/c1-21-20-15-17-12-9-5-8-11(16)13(12)14(19)18(15)10-6-3-2-4-7-10/h2-9H,1H3. The zero-order valence-electron chi connectivity index (χ0n) is 11.1. The van der Waals surface area contributed by atoms with Crippen LogP contribution < -0.4 is 9.74 Å². The molecular formula is C15H11ClN2O2S. The maximum absolute atomic E-state index is 12.8. The van der Waals surface area contributed by atoms with Crippen molar-refractivity contribution in [2.24, 2.45) is 0 Å². The topological polar surface area (TPSA) is 44.1 Å². The van der Waals surface area contributed by atoms with E-state index in [-0.39, 0.29) is 11.6 Å². The van der Waals surface area contributed by atoms with E-state index in [1.54, 1.807) is 24.5 Å². The number of aromatic nitrogens is 2. The molecule has 21 heavy (non-hydrogen) atoms. The Balaban J connectivity index is 2.41. The average Bonchev–Trinajstić information content (AvgIpc) is 2.48. The molecular weight excluding hydrogens is 308 g/mol. The molecule has 0 spiro atoms. The molecule has 3 aromatic rings. The second-order valence-electron chi connectivity index (χ2n) is 4.25. The van der Waals surface area contributed by atoms with Crippen LogP contribution in [0.1, 0.15) is 0 Å². The third-order valence-electron chi connectivity index (χ3n) is 2.99. The molecule has 0 fully saturated rings. The smallest absolute Gasteiger partial charge is 0.317 e. The van der Waals surface area contributed by atoms with Gasteiger partial charge in [0, 0.05) is 6.26 Å². The van der Waals surface area contributed by atoms with E-state index in [1.807, 2.05) is 30.3 Å². The SMILES string of the molecule is CSOc1nc2cccc(Cl)c2c(=O)n1-c1ccccc1. The van der Waals surface area contributed by atoms with Crippen LogP contribution in [-0.4, -0.2) is 15.8 Å². The van der Waals surface area contributed by atoms with Crippen molar-refractivity contribution < 1.29 is 4.18 Å². The molecule has 0 radical (unpaired) electrons. The van der Waals surface area contributed by atoms with Crippen molar-refractivity contribution in [3.63, 3.8) is 0 Å². The fraction of sp³-hybridized carbons (Fsp3) is 0.0667. The van der Waals surface area contributed by atoms with Gasteiger partial charge >= 0.3 is 6.01 Å². The van der Waals surface area contributed by atoms with Crippen LogP contribution in [0.4, 0.5) is 0 Å². The van der Waals surface area contributed by atoms with Crippen LogP contribution in [0.15, 0.2) is 53.3 Å². The first-order valence-electron chi connectivity index (χ1n) is 6.19. The van der Waals surface area contributed by atoms with Gasteiger partial charge in [0.1, 0.15) is 0 Å². The minimum absolute atomic E-state index is 0.230. The van der Waals surface area contributed by atoms with Crippen molar-refractivity contribution in [1.29, 1.82) is 0 Å². The molecule has 0 unspecified atom stereocenters. The Bertz CT molecular complexity index is 849. The van der Waals surface area contributed by atoms with Crippen LogP contribution >= 0.6 is 23.6 Å². The minimum Gasteiger partial charge on any atom is -0.390 e. The van der Waals surface area contributed by atoms with Crippen molar-refractivity contribution in [1.82, 2.24) is 9.55 Å². The highest BCUT2D eigenvalue weighted by molar-refractivity contribution is 7.94. The van der Waals surface area contributed by atoms with Gasteiger partial charge in [-0.3, -0.25) is 4.79 Å². The van der Waals surface area contributed by atoms with Crippen molar-refractivity contribution in [2.45, 2.75) is 0 Å². The normalized spacial score (nSPS) is 10.8. The lowest BCUT2D eigenvalue weighted by atomic mass is 10.2. The molecule has 0 aliphatic heterocycles. The van der Waals surface area contributed by atoms with Gasteiger partial charge in [-0.05, 0) is 24.3 Å². The molecule has 1 aromatic heterocycles. The Morgan fingerprint density at radius 2 is 1.90 bits per heavy atom. The maximum atomic E-state index is 12.8.